The van der Waals surface area contributed by atoms with Gasteiger partial charge in [0.2, 0.25) is 0 Å². The molecule has 2 rings (SSSR count). The van der Waals surface area contributed by atoms with E-state index in [4.69, 9.17) is 0 Å². The van der Waals surface area contributed by atoms with Gasteiger partial charge < -0.3 is 0 Å². The van der Waals surface area contributed by atoms with E-state index in [2.05, 4.69) is 42.1 Å². The maximum atomic E-state index is 10.6. The number of aromatic nitrogens is 2. The van der Waals surface area contributed by atoms with Crippen LogP contribution in [0.5, 0.6) is 0 Å². The smallest absolute Gasteiger partial charge is 0.150 e. The minimum absolute atomic E-state index is 0.623. The lowest BCUT2D eigenvalue weighted by molar-refractivity contribution is 0.112. The number of aldehydes is 1. The Kier molecular flexibility index (Phi) is 2.60. The molecule has 0 bridgehead atoms. The topological polar surface area (TPSA) is 42.9 Å². The Balaban J connectivity index is 2.86. The van der Waals surface area contributed by atoms with Crippen molar-refractivity contribution >= 4 is 48.9 Å². The van der Waals surface area contributed by atoms with E-state index in [-0.39, 0.29) is 0 Å². The molecule has 5 heteroatoms. The van der Waals surface area contributed by atoms with Crippen LogP contribution in [0, 0.1) is 0 Å². The summed E-state index contributed by atoms with van der Waals surface area (Å²) in [5.41, 5.74) is 0.623. The molecule has 1 heterocycles. The maximum Gasteiger partial charge on any atom is 0.150 e. The number of nitrogens with zero attached hydrogens (tertiary/aromatic N) is 2. The zero-order valence-electron chi connectivity index (χ0n) is 6.87. The van der Waals surface area contributed by atoms with E-state index in [9.17, 15) is 4.79 Å². The van der Waals surface area contributed by atoms with E-state index in [1.54, 1.807) is 12.1 Å². The molecule has 3 nitrogen and oxygen atoms in total. The fourth-order valence-corrected chi connectivity index (χ4v) is 2.01. The molecule has 1 aromatic carbocycles. The predicted molar refractivity (Wildman–Crippen MR) is 60.3 cm³/mol. The molecule has 14 heavy (non-hydrogen) atoms. The second-order valence-electron chi connectivity index (χ2n) is 2.70. The first-order valence-electron chi connectivity index (χ1n) is 3.79. The van der Waals surface area contributed by atoms with Crippen molar-refractivity contribution in [1.29, 1.82) is 0 Å². The number of hydrogen-bond acceptors (Lipinski definition) is 3. The van der Waals surface area contributed by atoms with Crippen molar-refractivity contribution in [3.63, 3.8) is 0 Å². The first kappa shape index (κ1) is 9.73. The standard InChI is InChI=1S/C9H4Br2N2O/c10-8-6-2-1-5(4-14)3-7(6)9(11)13-12-8/h1-4H. The van der Waals surface area contributed by atoms with Gasteiger partial charge in [0.25, 0.3) is 0 Å². The summed E-state index contributed by atoms with van der Waals surface area (Å²) in [5.74, 6) is 0. The Hall–Kier alpha value is -0.810. The molecule has 1 aromatic heterocycles. The number of benzene rings is 1. The van der Waals surface area contributed by atoms with Crippen LogP contribution in [0.25, 0.3) is 10.8 Å². The molecule has 0 atom stereocenters. The fourth-order valence-electron chi connectivity index (χ4n) is 1.18. The number of fused-ring (bicyclic) bond motifs is 1. The Bertz CT molecular complexity index is 513. The summed E-state index contributed by atoms with van der Waals surface area (Å²) < 4.78 is 1.31. The minimum atomic E-state index is 0.623. The normalized spacial score (nSPS) is 10.4. The molecule has 0 saturated carbocycles. The SMILES string of the molecule is O=Cc1ccc2c(Br)nnc(Br)c2c1. The summed E-state index contributed by atoms with van der Waals surface area (Å²) in [7, 11) is 0. The van der Waals surface area contributed by atoms with Crippen molar-refractivity contribution in [1.82, 2.24) is 10.2 Å². The number of carbonyl (C=O) groups is 1. The van der Waals surface area contributed by atoms with Crippen LogP contribution >= 0.6 is 31.9 Å². The van der Waals surface area contributed by atoms with Gasteiger partial charge >= 0.3 is 0 Å². The van der Waals surface area contributed by atoms with Gasteiger partial charge in [0.05, 0.1) is 0 Å². The van der Waals surface area contributed by atoms with Gasteiger partial charge in [-0.1, -0.05) is 12.1 Å². The van der Waals surface area contributed by atoms with Gasteiger partial charge in [-0.2, -0.15) is 0 Å². The summed E-state index contributed by atoms with van der Waals surface area (Å²) in [6.45, 7) is 0. The second-order valence-corrected chi connectivity index (χ2v) is 4.21. The molecule has 0 N–H and O–H groups in total. The molecule has 0 saturated heterocycles. The van der Waals surface area contributed by atoms with E-state index in [0.29, 0.717) is 14.8 Å². The summed E-state index contributed by atoms with van der Waals surface area (Å²) >= 11 is 6.58. The molecule has 0 fully saturated rings. The third-order valence-electron chi connectivity index (χ3n) is 1.85. The van der Waals surface area contributed by atoms with Crippen LogP contribution in [0.1, 0.15) is 10.4 Å². The van der Waals surface area contributed by atoms with Crippen molar-refractivity contribution in [2.24, 2.45) is 0 Å². The van der Waals surface area contributed by atoms with Gasteiger partial charge in [-0.05, 0) is 37.9 Å². The first-order chi connectivity index (χ1) is 6.72. The third kappa shape index (κ3) is 1.57. The van der Waals surface area contributed by atoms with Crippen molar-refractivity contribution < 1.29 is 4.79 Å². The quantitative estimate of drug-likeness (QED) is 0.760. The Morgan fingerprint density at radius 2 is 1.71 bits per heavy atom. The first-order valence-corrected chi connectivity index (χ1v) is 5.37. The molecular formula is C9H4Br2N2O. The van der Waals surface area contributed by atoms with Crippen LogP contribution in [-0.4, -0.2) is 16.5 Å². The van der Waals surface area contributed by atoms with E-state index < -0.39 is 0 Å². The van der Waals surface area contributed by atoms with Crippen molar-refractivity contribution in [3.05, 3.63) is 33.0 Å². The number of hydrogen-bond donors (Lipinski definition) is 0. The molecule has 70 valence electrons. The Labute approximate surface area is 96.8 Å². The summed E-state index contributed by atoms with van der Waals surface area (Å²) in [4.78, 5) is 10.6. The minimum Gasteiger partial charge on any atom is -0.298 e. The van der Waals surface area contributed by atoms with Gasteiger partial charge in [0.15, 0.2) is 0 Å². The van der Waals surface area contributed by atoms with Crippen molar-refractivity contribution in [3.8, 4) is 0 Å². The van der Waals surface area contributed by atoms with E-state index in [1.165, 1.54) is 0 Å². The molecule has 0 radical (unpaired) electrons. The molecule has 0 aliphatic heterocycles. The van der Waals surface area contributed by atoms with Gasteiger partial charge in [-0.25, -0.2) is 0 Å². The number of rotatable bonds is 1. The van der Waals surface area contributed by atoms with Gasteiger partial charge in [-0.3, -0.25) is 4.79 Å². The third-order valence-corrected chi connectivity index (χ3v) is 3.02. The van der Waals surface area contributed by atoms with Crippen LogP contribution in [-0.2, 0) is 0 Å². The average Bonchev–Trinajstić information content (AvgIpc) is 2.23. The van der Waals surface area contributed by atoms with Gasteiger partial charge in [-0.15, -0.1) is 10.2 Å². The van der Waals surface area contributed by atoms with Crippen LogP contribution < -0.4 is 0 Å². The fraction of sp³-hybridized carbons (Fsp3) is 0. The zero-order chi connectivity index (χ0) is 10.1. The molecule has 0 spiro atoms. The lowest BCUT2D eigenvalue weighted by atomic mass is 10.1. The molecule has 0 aliphatic carbocycles. The Morgan fingerprint density at radius 3 is 2.36 bits per heavy atom. The summed E-state index contributed by atoms with van der Waals surface area (Å²) in [5, 5.41) is 9.58. The number of carbonyl (C=O) groups excluding carboxylic acids is 1. The number of halogens is 2. The van der Waals surface area contributed by atoms with Crippen LogP contribution in [0.15, 0.2) is 27.4 Å². The zero-order valence-corrected chi connectivity index (χ0v) is 10.0. The lowest BCUT2D eigenvalue weighted by Gasteiger charge is -2.01. The highest BCUT2D eigenvalue weighted by molar-refractivity contribution is 9.11. The van der Waals surface area contributed by atoms with Crippen molar-refractivity contribution in [2.75, 3.05) is 0 Å². The highest BCUT2D eigenvalue weighted by atomic mass is 79.9. The maximum absolute atomic E-state index is 10.6. The molecule has 0 amide bonds. The average molecular weight is 316 g/mol. The van der Waals surface area contributed by atoms with Gasteiger partial charge in [0.1, 0.15) is 15.5 Å². The monoisotopic (exact) mass is 314 g/mol. The highest BCUT2D eigenvalue weighted by Crippen LogP contribution is 2.26. The van der Waals surface area contributed by atoms with Crippen LogP contribution in [0.4, 0.5) is 0 Å². The molecular weight excluding hydrogens is 312 g/mol. The van der Waals surface area contributed by atoms with Crippen LogP contribution in [0.2, 0.25) is 0 Å². The highest BCUT2D eigenvalue weighted by Gasteiger charge is 2.05. The van der Waals surface area contributed by atoms with E-state index >= 15 is 0 Å². The summed E-state index contributed by atoms with van der Waals surface area (Å²) in [6.07, 6.45) is 0.806. The summed E-state index contributed by atoms with van der Waals surface area (Å²) in [6, 6.07) is 5.35. The molecule has 2 aromatic rings. The van der Waals surface area contributed by atoms with E-state index in [1.807, 2.05) is 6.07 Å². The Morgan fingerprint density at radius 1 is 1.07 bits per heavy atom. The van der Waals surface area contributed by atoms with Gasteiger partial charge in [0, 0.05) is 16.3 Å². The van der Waals surface area contributed by atoms with E-state index in [0.717, 1.165) is 17.1 Å². The van der Waals surface area contributed by atoms with Crippen molar-refractivity contribution in [2.45, 2.75) is 0 Å². The molecule has 0 unspecified atom stereocenters. The second kappa shape index (κ2) is 3.74. The molecule has 0 aliphatic rings. The largest absolute Gasteiger partial charge is 0.298 e. The predicted octanol–water partition coefficient (Wildman–Crippen LogP) is 2.97. The lowest BCUT2D eigenvalue weighted by Crippen LogP contribution is -1.89. The van der Waals surface area contributed by atoms with Crippen LogP contribution in [0.3, 0.4) is 0 Å².